The van der Waals surface area contributed by atoms with E-state index in [-0.39, 0.29) is 17.7 Å². The first-order valence-electron chi connectivity index (χ1n) is 20.8. The Morgan fingerprint density at radius 2 is 1.72 bits per heavy atom. The van der Waals surface area contributed by atoms with Gasteiger partial charge in [-0.2, -0.15) is 4.98 Å². The maximum Gasteiger partial charge on any atom is 0.234 e. The van der Waals surface area contributed by atoms with Crippen molar-refractivity contribution in [3.05, 3.63) is 82.7 Å². The first-order valence-corrected chi connectivity index (χ1v) is 24.2. The van der Waals surface area contributed by atoms with Gasteiger partial charge in [-0.25, -0.2) is 4.98 Å². The zero-order chi connectivity index (χ0) is 42.9. The maximum absolute atomic E-state index is 13.5. The number of hydrogen-bond acceptors (Lipinski definition) is 14. The summed E-state index contributed by atoms with van der Waals surface area (Å²) in [5, 5.41) is 17.0. The van der Waals surface area contributed by atoms with Crippen LogP contribution in [0, 0.1) is 0 Å². The van der Waals surface area contributed by atoms with E-state index in [0.717, 1.165) is 75.4 Å². The van der Waals surface area contributed by atoms with Gasteiger partial charge in [0.25, 0.3) is 0 Å². The Morgan fingerprint density at radius 1 is 0.934 bits per heavy atom. The Kier molecular flexibility index (Phi) is 14.5. The van der Waals surface area contributed by atoms with Crippen LogP contribution in [0.1, 0.15) is 56.1 Å². The highest BCUT2D eigenvalue weighted by Crippen LogP contribution is 2.42. The monoisotopic (exact) mass is 912 g/mol. The summed E-state index contributed by atoms with van der Waals surface area (Å²) in [7, 11) is -1.09. The van der Waals surface area contributed by atoms with E-state index in [4.69, 9.17) is 14.5 Å². The zero-order valence-corrected chi connectivity index (χ0v) is 37.6. The van der Waals surface area contributed by atoms with Crippen molar-refractivity contribution in [1.29, 1.82) is 0 Å². The number of benzene rings is 3. The summed E-state index contributed by atoms with van der Waals surface area (Å²) >= 11 is 3.59. The highest BCUT2D eigenvalue weighted by atomic mass is 79.9. The molecule has 5 N–H and O–H groups in total. The van der Waals surface area contributed by atoms with Gasteiger partial charge in [0.05, 0.1) is 46.3 Å². The van der Waals surface area contributed by atoms with Gasteiger partial charge < -0.3 is 40.2 Å². The fourth-order valence-electron chi connectivity index (χ4n) is 7.90. The summed E-state index contributed by atoms with van der Waals surface area (Å²) in [6, 6.07) is 16.0. The molecule has 1 atom stereocenters. The van der Waals surface area contributed by atoms with Gasteiger partial charge in [0, 0.05) is 69.0 Å². The third-order valence-corrected chi connectivity index (χ3v) is 13.1. The van der Waals surface area contributed by atoms with Gasteiger partial charge in [0.2, 0.25) is 17.8 Å². The molecule has 2 fully saturated rings. The van der Waals surface area contributed by atoms with Crippen LogP contribution in [0.3, 0.4) is 0 Å². The smallest absolute Gasteiger partial charge is 0.234 e. The Balaban J connectivity index is 0.869. The molecule has 322 valence electrons. The van der Waals surface area contributed by atoms with Gasteiger partial charge in [-0.05, 0) is 109 Å². The van der Waals surface area contributed by atoms with Gasteiger partial charge in [-0.1, -0.05) is 19.1 Å². The summed E-state index contributed by atoms with van der Waals surface area (Å²) in [4.78, 5) is 44.3. The Morgan fingerprint density at radius 3 is 2.46 bits per heavy atom. The van der Waals surface area contributed by atoms with Gasteiger partial charge >= 0.3 is 0 Å². The number of aromatic nitrogens is 4. The van der Waals surface area contributed by atoms with Crippen LogP contribution >= 0.6 is 23.1 Å². The molecule has 1 unspecified atom stereocenters. The highest BCUT2D eigenvalue weighted by molar-refractivity contribution is 9.10. The largest absolute Gasteiger partial charge is 0.494 e. The van der Waals surface area contributed by atoms with E-state index in [9.17, 15) is 14.2 Å². The molecule has 2 aliphatic heterocycles. The third-order valence-electron chi connectivity index (χ3n) is 11.0. The lowest BCUT2D eigenvalue weighted by molar-refractivity contribution is -0.134. The number of amides is 2. The fraction of sp³-hybridized carbons (Fsp3) is 0.409. The predicted molar refractivity (Wildman–Crippen MR) is 245 cm³/mol. The summed E-state index contributed by atoms with van der Waals surface area (Å²) < 4.78 is 25.9. The summed E-state index contributed by atoms with van der Waals surface area (Å²) in [5.41, 5.74) is 5.96. The van der Waals surface area contributed by atoms with E-state index in [0.29, 0.717) is 69.5 Å². The topological polar surface area (TPSA) is 185 Å². The van der Waals surface area contributed by atoms with Crippen molar-refractivity contribution in [2.75, 3.05) is 75.3 Å². The van der Waals surface area contributed by atoms with E-state index < -0.39 is 7.14 Å². The minimum absolute atomic E-state index is 0.203. The highest BCUT2D eigenvalue weighted by Gasteiger charge is 2.28. The number of carbonyl (C=O) groups excluding carboxylic acids is 2. The normalized spacial score (nSPS) is 16.1. The quantitative estimate of drug-likeness (QED) is 0.0359. The van der Waals surface area contributed by atoms with Crippen molar-refractivity contribution in [2.45, 2.75) is 57.4 Å². The molecule has 2 aromatic heterocycles. The van der Waals surface area contributed by atoms with Crippen molar-refractivity contribution < 1.29 is 23.6 Å². The summed E-state index contributed by atoms with van der Waals surface area (Å²) in [5.74, 6) is 1.64. The molecule has 15 nitrogen and oxygen atoms in total. The standard InChI is InChI=1S/C44H54BrN10O5P/c1-5-28-25-36(52-44-50-27-33(45)42(54-44)51-35-13-12-34-40(49-21-20-48-34)41(35)61(3,4)58)38(59-2)26-37(28)55-22-15-30(16-23-55)47-19-18-46-17-6-24-60-31-9-7-29(8-10-31)32-11-14-39(56)53-43(32)57/h7-10,12-13,20-21,25-27,30,32,46-47H,5-6,11,14-19,22-24H2,1-4H3,(H,53,56,57)(H2,50,51,52,54). The van der Waals surface area contributed by atoms with Crippen LogP contribution in [0.25, 0.3) is 11.0 Å². The lowest BCUT2D eigenvalue weighted by Gasteiger charge is -2.35. The number of fused-ring (bicyclic) bond motifs is 1. The number of nitrogens with one attached hydrogen (secondary N) is 5. The number of ether oxygens (including phenoxy) is 2. The van der Waals surface area contributed by atoms with E-state index >= 15 is 0 Å². The molecule has 2 saturated heterocycles. The number of imide groups is 1. The molecule has 4 heterocycles. The molecule has 61 heavy (non-hydrogen) atoms. The van der Waals surface area contributed by atoms with Crippen LogP contribution in [0.2, 0.25) is 0 Å². The van der Waals surface area contributed by atoms with Crippen LogP contribution in [-0.4, -0.2) is 97.6 Å². The molecule has 2 aliphatic rings. The summed E-state index contributed by atoms with van der Waals surface area (Å²) in [6.07, 6.45) is 9.63. The second-order valence-electron chi connectivity index (χ2n) is 15.7. The predicted octanol–water partition coefficient (Wildman–Crippen LogP) is 6.63. The van der Waals surface area contributed by atoms with E-state index in [2.05, 4.69) is 81.4 Å². The fourth-order valence-corrected chi connectivity index (χ4v) is 9.58. The van der Waals surface area contributed by atoms with Crippen molar-refractivity contribution in [3.63, 3.8) is 0 Å². The number of nitrogens with zero attached hydrogens (tertiary/aromatic N) is 5. The molecule has 7 rings (SSSR count). The Hall–Kier alpha value is -5.15. The lowest BCUT2D eigenvalue weighted by Crippen LogP contribution is -2.44. The molecule has 0 radical (unpaired) electrons. The molecule has 5 aromatic rings. The van der Waals surface area contributed by atoms with Crippen LogP contribution < -0.4 is 46.3 Å². The van der Waals surface area contributed by atoms with Crippen molar-refractivity contribution >= 4 is 80.1 Å². The average molecular weight is 914 g/mol. The molecule has 2 amide bonds. The summed E-state index contributed by atoms with van der Waals surface area (Å²) in [6.45, 7) is 10.7. The molecule has 0 saturated carbocycles. The maximum atomic E-state index is 13.5. The number of rotatable bonds is 18. The molecule has 0 aliphatic carbocycles. The first kappa shape index (κ1) is 43.9. The first-order chi connectivity index (χ1) is 29.5. The molecular weight excluding hydrogens is 859 g/mol. The zero-order valence-electron chi connectivity index (χ0n) is 35.1. The van der Waals surface area contributed by atoms with Crippen LogP contribution in [0.4, 0.5) is 28.8 Å². The molecule has 17 heteroatoms. The Labute approximate surface area is 365 Å². The van der Waals surface area contributed by atoms with Crippen LogP contribution in [0.15, 0.2) is 71.6 Å². The van der Waals surface area contributed by atoms with E-state index in [1.165, 1.54) is 11.3 Å². The lowest BCUT2D eigenvalue weighted by atomic mass is 9.90. The van der Waals surface area contributed by atoms with Gasteiger partial charge in [-0.15, -0.1) is 0 Å². The van der Waals surface area contributed by atoms with E-state index in [1.807, 2.05) is 36.4 Å². The second-order valence-corrected chi connectivity index (χ2v) is 19.7. The minimum Gasteiger partial charge on any atom is -0.494 e. The molecule has 3 aromatic carbocycles. The van der Waals surface area contributed by atoms with Gasteiger partial charge in [0.1, 0.15) is 30.0 Å². The van der Waals surface area contributed by atoms with Gasteiger partial charge in [-0.3, -0.25) is 24.9 Å². The number of carbonyl (C=O) groups is 2. The number of hydrogen-bond donors (Lipinski definition) is 5. The Bertz CT molecular complexity index is 2390. The second kappa shape index (κ2) is 20.1. The van der Waals surface area contributed by atoms with Crippen LogP contribution in [-0.2, 0) is 20.6 Å². The number of methoxy groups -OCH3 is 1. The van der Waals surface area contributed by atoms with Crippen molar-refractivity contribution in [2.24, 2.45) is 0 Å². The van der Waals surface area contributed by atoms with Crippen molar-refractivity contribution in [3.8, 4) is 11.5 Å². The SMILES string of the molecule is CCc1cc(Nc2ncc(Br)c(Nc3ccc4nccnc4c3P(C)(C)=O)n2)c(OC)cc1N1CCC(NCCNCCCOc2ccc(C3CCC(=O)NC3=O)cc2)CC1. The number of aryl methyl sites for hydroxylation is 1. The van der Waals surface area contributed by atoms with E-state index in [1.54, 1.807) is 39.0 Å². The molecular formula is C44H54BrN10O5P. The minimum atomic E-state index is -2.77. The molecule has 0 bridgehead atoms. The number of halogens is 1. The van der Waals surface area contributed by atoms with Crippen molar-refractivity contribution in [1.82, 2.24) is 35.9 Å². The number of anilines is 5. The number of piperidine rings is 2. The molecule has 0 spiro atoms. The van der Waals surface area contributed by atoms with Gasteiger partial charge in [0.15, 0.2) is 0 Å². The van der Waals surface area contributed by atoms with Crippen LogP contribution in [0.5, 0.6) is 11.5 Å². The average Bonchev–Trinajstić information content (AvgIpc) is 3.25. The third kappa shape index (κ3) is 11.0.